The lowest BCUT2D eigenvalue weighted by molar-refractivity contribution is -0.121. The molecule has 29 heavy (non-hydrogen) atoms. The Hall–Kier alpha value is -3.54. The highest BCUT2D eigenvalue weighted by molar-refractivity contribution is 5.77. The van der Waals surface area contributed by atoms with Gasteiger partial charge in [-0.2, -0.15) is 0 Å². The van der Waals surface area contributed by atoms with E-state index in [9.17, 15) is 4.79 Å². The number of aryl methyl sites for hydroxylation is 1. The van der Waals surface area contributed by atoms with Crippen LogP contribution >= 0.6 is 0 Å². The molecule has 3 aromatic heterocycles. The van der Waals surface area contributed by atoms with Gasteiger partial charge in [-0.1, -0.05) is 24.3 Å². The minimum absolute atomic E-state index is 0.0687. The van der Waals surface area contributed by atoms with E-state index < -0.39 is 0 Å². The first-order valence-corrected chi connectivity index (χ1v) is 9.52. The molecule has 6 nitrogen and oxygen atoms in total. The normalized spacial score (nSPS) is 12.1. The van der Waals surface area contributed by atoms with Crippen molar-refractivity contribution in [2.24, 2.45) is 0 Å². The van der Waals surface area contributed by atoms with E-state index in [0.717, 1.165) is 34.1 Å². The summed E-state index contributed by atoms with van der Waals surface area (Å²) in [5.74, 6) is 1.19. The van der Waals surface area contributed by atoms with E-state index in [0.29, 0.717) is 6.54 Å². The Bertz CT molecular complexity index is 1120. The first kappa shape index (κ1) is 18.8. The highest BCUT2D eigenvalue weighted by Crippen LogP contribution is 2.35. The SMILES string of the molecule is COc1ccccc1C(CC(=O)NCc1ccco1)c1cnc2cccc(C)n12. The predicted molar refractivity (Wildman–Crippen MR) is 110 cm³/mol. The van der Waals surface area contributed by atoms with Gasteiger partial charge in [-0.15, -0.1) is 0 Å². The number of carbonyl (C=O) groups excluding carboxylic acids is 1. The third-order valence-electron chi connectivity index (χ3n) is 5.05. The van der Waals surface area contributed by atoms with Crippen molar-refractivity contribution in [3.05, 3.63) is 89.8 Å². The fourth-order valence-corrected chi connectivity index (χ4v) is 3.66. The lowest BCUT2D eigenvalue weighted by atomic mass is 9.91. The monoisotopic (exact) mass is 389 g/mol. The lowest BCUT2D eigenvalue weighted by Gasteiger charge is -2.20. The van der Waals surface area contributed by atoms with Crippen LogP contribution in [0.2, 0.25) is 0 Å². The van der Waals surface area contributed by atoms with Gasteiger partial charge in [0.1, 0.15) is 17.2 Å². The first-order chi connectivity index (χ1) is 14.2. The molecule has 0 radical (unpaired) electrons. The number of hydrogen-bond acceptors (Lipinski definition) is 4. The third kappa shape index (κ3) is 3.87. The van der Waals surface area contributed by atoms with Crippen LogP contribution in [0.25, 0.3) is 5.65 Å². The van der Waals surface area contributed by atoms with Gasteiger partial charge < -0.3 is 18.9 Å². The van der Waals surface area contributed by atoms with Crippen molar-refractivity contribution >= 4 is 11.6 Å². The Balaban J connectivity index is 1.70. The molecule has 0 aliphatic heterocycles. The molecule has 0 spiro atoms. The number of amides is 1. The van der Waals surface area contributed by atoms with Gasteiger partial charge in [-0.05, 0) is 37.3 Å². The number of nitrogens with one attached hydrogen (secondary N) is 1. The zero-order valence-corrected chi connectivity index (χ0v) is 16.5. The van der Waals surface area contributed by atoms with Crippen LogP contribution in [-0.4, -0.2) is 22.4 Å². The second-order valence-corrected chi connectivity index (χ2v) is 6.90. The van der Waals surface area contributed by atoms with Crippen molar-refractivity contribution in [1.29, 1.82) is 0 Å². The molecule has 1 atom stereocenters. The van der Waals surface area contributed by atoms with Crippen LogP contribution in [0.15, 0.2) is 71.5 Å². The predicted octanol–water partition coefficient (Wildman–Crippen LogP) is 4.08. The van der Waals surface area contributed by atoms with Crippen LogP contribution in [-0.2, 0) is 11.3 Å². The molecule has 0 bridgehead atoms. The van der Waals surface area contributed by atoms with Gasteiger partial charge in [0.15, 0.2) is 0 Å². The molecule has 3 heterocycles. The molecule has 1 aromatic carbocycles. The minimum Gasteiger partial charge on any atom is -0.496 e. The summed E-state index contributed by atoms with van der Waals surface area (Å²) >= 11 is 0. The molecule has 4 aromatic rings. The van der Waals surface area contributed by atoms with E-state index in [1.165, 1.54) is 0 Å². The van der Waals surface area contributed by atoms with Gasteiger partial charge in [0.25, 0.3) is 0 Å². The highest BCUT2D eigenvalue weighted by Gasteiger charge is 2.25. The van der Waals surface area contributed by atoms with Crippen LogP contribution in [0.5, 0.6) is 5.75 Å². The number of nitrogens with zero attached hydrogens (tertiary/aromatic N) is 2. The Morgan fingerprint density at radius 2 is 2.03 bits per heavy atom. The number of benzene rings is 1. The number of ether oxygens (including phenoxy) is 1. The van der Waals surface area contributed by atoms with Crippen LogP contribution in [0, 0.1) is 6.92 Å². The van der Waals surface area contributed by atoms with Gasteiger partial charge in [0.2, 0.25) is 5.91 Å². The summed E-state index contributed by atoms with van der Waals surface area (Å²) in [5, 5.41) is 2.94. The number of rotatable bonds is 7. The van der Waals surface area contributed by atoms with E-state index in [4.69, 9.17) is 9.15 Å². The molecule has 1 amide bonds. The molecular weight excluding hydrogens is 366 g/mol. The van der Waals surface area contributed by atoms with Gasteiger partial charge in [0.05, 0.1) is 25.6 Å². The number of furan rings is 1. The Kier molecular flexibility index (Phi) is 5.33. The largest absolute Gasteiger partial charge is 0.496 e. The van der Waals surface area contributed by atoms with E-state index >= 15 is 0 Å². The Morgan fingerprint density at radius 1 is 1.17 bits per heavy atom. The zero-order valence-electron chi connectivity index (χ0n) is 16.5. The molecule has 0 saturated heterocycles. The van der Waals surface area contributed by atoms with E-state index in [1.54, 1.807) is 19.4 Å². The average Bonchev–Trinajstić information content (AvgIpc) is 3.41. The number of methoxy groups -OCH3 is 1. The fourth-order valence-electron chi connectivity index (χ4n) is 3.66. The number of aromatic nitrogens is 2. The number of para-hydroxylation sites is 1. The van der Waals surface area contributed by atoms with Crippen LogP contribution in [0.1, 0.15) is 35.1 Å². The van der Waals surface area contributed by atoms with Crippen molar-refractivity contribution in [3.8, 4) is 5.75 Å². The van der Waals surface area contributed by atoms with E-state index in [-0.39, 0.29) is 18.2 Å². The smallest absolute Gasteiger partial charge is 0.221 e. The van der Waals surface area contributed by atoms with E-state index in [1.807, 2.05) is 61.7 Å². The number of fused-ring (bicyclic) bond motifs is 1. The number of pyridine rings is 1. The summed E-state index contributed by atoms with van der Waals surface area (Å²) in [5.41, 5.74) is 3.82. The van der Waals surface area contributed by atoms with Crippen molar-refractivity contribution in [2.45, 2.75) is 25.8 Å². The van der Waals surface area contributed by atoms with E-state index in [2.05, 4.69) is 14.7 Å². The molecule has 1 N–H and O–H groups in total. The second-order valence-electron chi connectivity index (χ2n) is 6.90. The third-order valence-corrected chi connectivity index (χ3v) is 5.05. The molecule has 0 aliphatic carbocycles. The van der Waals surface area contributed by atoms with Gasteiger partial charge >= 0.3 is 0 Å². The maximum atomic E-state index is 12.8. The number of imidazole rings is 1. The molecular formula is C23H23N3O3. The maximum Gasteiger partial charge on any atom is 0.221 e. The summed E-state index contributed by atoms with van der Waals surface area (Å²) in [6.45, 7) is 2.39. The van der Waals surface area contributed by atoms with Crippen LogP contribution in [0.4, 0.5) is 0 Å². The summed E-state index contributed by atoms with van der Waals surface area (Å²) in [7, 11) is 1.65. The summed E-state index contributed by atoms with van der Waals surface area (Å²) in [6, 6.07) is 17.4. The quantitative estimate of drug-likeness (QED) is 0.517. The molecule has 148 valence electrons. The molecule has 1 unspecified atom stereocenters. The first-order valence-electron chi connectivity index (χ1n) is 9.52. The second kappa shape index (κ2) is 8.22. The van der Waals surface area contributed by atoms with Crippen LogP contribution in [0.3, 0.4) is 0 Å². The van der Waals surface area contributed by atoms with Crippen molar-refractivity contribution in [3.63, 3.8) is 0 Å². The van der Waals surface area contributed by atoms with Crippen molar-refractivity contribution < 1.29 is 13.9 Å². The Morgan fingerprint density at radius 3 is 2.83 bits per heavy atom. The molecule has 4 rings (SSSR count). The standard InChI is InChI=1S/C23H23N3O3/c1-16-7-5-11-22-24-15-20(26(16)22)19(18-9-3-4-10-21(18)28-2)13-23(27)25-14-17-8-6-12-29-17/h3-12,15,19H,13-14H2,1-2H3,(H,25,27). The molecule has 0 saturated carbocycles. The van der Waals surface area contributed by atoms with Crippen molar-refractivity contribution in [1.82, 2.24) is 14.7 Å². The summed E-state index contributed by atoms with van der Waals surface area (Å²) in [6.07, 6.45) is 3.71. The van der Waals surface area contributed by atoms with Gasteiger partial charge in [0, 0.05) is 29.8 Å². The molecule has 6 heteroatoms. The molecule has 0 fully saturated rings. The zero-order chi connectivity index (χ0) is 20.2. The lowest BCUT2D eigenvalue weighted by Crippen LogP contribution is -2.25. The Labute approximate surface area is 169 Å². The van der Waals surface area contributed by atoms with Crippen molar-refractivity contribution in [2.75, 3.05) is 7.11 Å². The van der Waals surface area contributed by atoms with Crippen LogP contribution < -0.4 is 10.1 Å². The fraction of sp³-hybridized carbons (Fsp3) is 0.217. The molecule has 0 aliphatic rings. The van der Waals surface area contributed by atoms with Gasteiger partial charge in [-0.25, -0.2) is 4.98 Å². The average molecular weight is 389 g/mol. The number of carbonyl (C=O) groups is 1. The highest BCUT2D eigenvalue weighted by atomic mass is 16.5. The number of hydrogen-bond donors (Lipinski definition) is 1. The van der Waals surface area contributed by atoms with Gasteiger partial charge in [-0.3, -0.25) is 4.79 Å². The topological polar surface area (TPSA) is 68.8 Å². The minimum atomic E-state index is -0.209. The summed E-state index contributed by atoms with van der Waals surface area (Å²) < 4.78 is 13.0. The summed E-state index contributed by atoms with van der Waals surface area (Å²) in [4.78, 5) is 17.4. The maximum absolute atomic E-state index is 12.8.